The van der Waals surface area contributed by atoms with Gasteiger partial charge < -0.3 is 5.32 Å². The molecule has 0 aliphatic carbocycles. The van der Waals surface area contributed by atoms with Crippen LogP contribution in [0.4, 0.5) is 4.39 Å². The molecule has 0 amide bonds. The van der Waals surface area contributed by atoms with E-state index in [0.717, 1.165) is 17.2 Å². The lowest BCUT2D eigenvalue weighted by Crippen LogP contribution is -2.21. The summed E-state index contributed by atoms with van der Waals surface area (Å²) in [5.41, 5.74) is 2.24. The smallest absolute Gasteiger partial charge is 0.136 e. The van der Waals surface area contributed by atoms with Crippen LogP contribution >= 0.6 is 11.3 Å². The van der Waals surface area contributed by atoms with Crippen LogP contribution in [-0.2, 0) is 6.54 Å². The molecule has 1 aromatic carbocycles. The largest absolute Gasteiger partial charge is 0.310 e. The molecule has 0 fully saturated rings. The maximum atomic E-state index is 14.1. The van der Waals surface area contributed by atoms with Gasteiger partial charge in [0.2, 0.25) is 0 Å². The summed E-state index contributed by atoms with van der Waals surface area (Å²) in [7, 11) is 0. The van der Waals surface area contributed by atoms with Crippen LogP contribution in [0.1, 0.15) is 30.0 Å². The van der Waals surface area contributed by atoms with Crippen molar-refractivity contribution in [1.82, 2.24) is 10.3 Å². The van der Waals surface area contributed by atoms with E-state index in [1.165, 1.54) is 4.88 Å². The topological polar surface area (TPSA) is 24.9 Å². The van der Waals surface area contributed by atoms with Crippen molar-refractivity contribution in [2.24, 2.45) is 0 Å². The first kappa shape index (κ1) is 14.2. The fourth-order valence-electron chi connectivity index (χ4n) is 1.82. The quantitative estimate of drug-likeness (QED) is 0.912. The van der Waals surface area contributed by atoms with E-state index in [1.807, 2.05) is 13.0 Å². The molecule has 1 heterocycles. The van der Waals surface area contributed by atoms with Gasteiger partial charge in [0.25, 0.3) is 0 Å². The molecule has 0 aliphatic heterocycles. The average molecular weight is 278 g/mol. The summed E-state index contributed by atoms with van der Waals surface area (Å²) in [5, 5.41) is 4.13. The van der Waals surface area contributed by atoms with E-state index in [2.05, 4.69) is 24.1 Å². The molecule has 1 N–H and O–H groups in total. The number of thiazole rings is 1. The van der Waals surface area contributed by atoms with Crippen LogP contribution in [0.2, 0.25) is 0 Å². The normalized spacial score (nSPS) is 11.3. The number of rotatable bonds is 4. The molecule has 2 rings (SSSR count). The molecule has 0 saturated carbocycles. The molecule has 4 heteroatoms. The van der Waals surface area contributed by atoms with Gasteiger partial charge in [0.05, 0.1) is 5.69 Å². The first-order valence-electron chi connectivity index (χ1n) is 6.44. The zero-order valence-electron chi connectivity index (χ0n) is 11.7. The highest BCUT2D eigenvalue weighted by Crippen LogP contribution is 2.30. The summed E-state index contributed by atoms with van der Waals surface area (Å²) in [5.74, 6) is -0.167. The predicted molar refractivity (Wildman–Crippen MR) is 79.0 cm³/mol. The molecule has 0 saturated heterocycles. The molecule has 102 valence electrons. The lowest BCUT2D eigenvalue weighted by atomic mass is 10.1. The number of halogens is 1. The molecule has 0 radical (unpaired) electrons. The standard InChI is InChI=1S/C15H19FN2S/c1-9(2)17-8-13-11(4)18-15(19-13)12-7-5-6-10(3)14(12)16/h5-7,9,17H,8H2,1-4H3. The Morgan fingerprint density at radius 3 is 2.74 bits per heavy atom. The fourth-order valence-corrected chi connectivity index (χ4v) is 2.85. The van der Waals surface area contributed by atoms with Crippen molar-refractivity contribution in [2.75, 3.05) is 0 Å². The number of aryl methyl sites for hydroxylation is 2. The average Bonchev–Trinajstić information content (AvgIpc) is 2.71. The van der Waals surface area contributed by atoms with Gasteiger partial charge in [0.15, 0.2) is 0 Å². The minimum absolute atomic E-state index is 0.167. The molecule has 0 aliphatic rings. The van der Waals surface area contributed by atoms with Crippen LogP contribution in [0, 0.1) is 19.7 Å². The van der Waals surface area contributed by atoms with Crippen LogP contribution in [0.25, 0.3) is 10.6 Å². The fraction of sp³-hybridized carbons (Fsp3) is 0.400. The first-order valence-corrected chi connectivity index (χ1v) is 7.26. The highest BCUT2D eigenvalue weighted by molar-refractivity contribution is 7.15. The van der Waals surface area contributed by atoms with Gasteiger partial charge in [-0.25, -0.2) is 9.37 Å². The second-order valence-electron chi connectivity index (χ2n) is 5.00. The molecule has 0 atom stereocenters. The van der Waals surface area contributed by atoms with Crippen LogP contribution in [0.5, 0.6) is 0 Å². The number of hydrogen-bond acceptors (Lipinski definition) is 3. The summed E-state index contributed by atoms with van der Waals surface area (Å²) in [6.45, 7) is 8.76. The third-order valence-electron chi connectivity index (χ3n) is 2.99. The van der Waals surface area contributed by atoms with Gasteiger partial charge in [-0.3, -0.25) is 0 Å². The summed E-state index contributed by atoms with van der Waals surface area (Å²) < 4.78 is 14.1. The first-order chi connectivity index (χ1) is 8.99. The summed E-state index contributed by atoms with van der Waals surface area (Å²) in [6, 6.07) is 5.87. The minimum Gasteiger partial charge on any atom is -0.310 e. The third-order valence-corrected chi connectivity index (χ3v) is 4.18. The number of nitrogens with zero attached hydrogens (tertiary/aromatic N) is 1. The number of nitrogens with one attached hydrogen (secondary N) is 1. The molecule has 2 aromatic rings. The van der Waals surface area contributed by atoms with E-state index in [9.17, 15) is 4.39 Å². The number of aromatic nitrogens is 1. The van der Waals surface area contributed by atoms with Gasteiger partial charge in [0, 0.05) is 23.0 Å². The highest BCUT2D eigenvalue weighted by Gasteiger charge is 2.14. The van der Waals surface area contributed by atoms with E-state index in [1.54, 1.807) is 30.4 Å². The molecule has 0 bridgehead atoms. The van der Waals surface area contributed by atoms with Crippen molar-refractivity contribution in [3.63, 3.8) is 0 Å². The van der Waals surface area contributed by atoms with Crippen molar-refractivity contribution in [2.45, 2.75) is 40.3 Å². The molecule has 19 heavy (non-hydrogen) atoms. The second-order valence-corrected chi connectivity index (χ2v) is 6.08. The summed E-state index contributed by atoms with van der Waals surface area (Å²) >= 11 is 1.56. The zero-order valence-corrected chi connectivity index (χ0v) is 12.6. The molecule has 0 unspecified atom stereocenters. The number of hydrogen-bond donors (Lipinski definition) is 1. The molecular formula is C15H19FN2S. The second kappa shape index (κ2) is 5.80. The van der Waals surface area contributed by atoms with Gasteiger partial charge >= 0.3 is 0 Å². The van der Waals surface area contributed by atoms with E-state index >= 15 is 0 Å². The van der Waals surface area contributed by atoms with Crippen molar-refractivity contribution >= 4 is 11.3 Å². The monoisotopic (exact) mass is 278 g/mol. The Kier molecular flexibility index (Phi) is 4.32. The highest BCUT2D eigenvalue weighted by atomic mass is 32.1. The third kappa shape index (κ3) is 3.19. The van der Waals surface area contributed by atoms with Gasteiger partial charge in [-0.05, 0) is 25.5 Å². The van der Waals surface area contributed by atoms with E-state index in [4.69, 9.17) is 0 Å². The Hall–Kier alpha value is -1.26. The van der Waals surface area contributed by atoms with Crippen LogP contribution < -0.4 is 5.32 Å². The summed E-state index contributed by atoms with van der Waals surface area (Å²) in [6.07, 6.45) is 0. The lowest BCUT2D eigenvalue weighted by Gasteiger charge is -2.05. The van der Waals surface area contributed by atoms with Crippen molar-refractivity contribution in [3.8, 4) is 10.6 Å². The molecule has 1 aromatic heterocycles. The Morgan fingerprint density at radius 2 is 2.05 bits per heavy atom. The van der Waals surface area contributed by atoms with E-state index in [0.29, 0.717) is 17.2 Å². The van der Waals surface area contributed by atoms with Crippen LogP contribution in [0.15, 0.2) is 18.2 Å². The van der Waals surface area contributed by atoms with E-state index in [-0.39, 0.29) is 5.82 Å². The Balaban J connectivity index is 2.31. The van der Waals surface area contributed by atoms with Crippen molar-refractivity contribution in [3.05, 3.63) is 40.2 Å². The Bertz CT molecular complexity index is 576. The Morgan fingerprint density at radius 1 is 1.32 bits per heavy atom. The molecular weight excluding hydrogens is 259 g/mol. The maximum absolute atomic E-state index is 14.1. The van der Waals surface area contributed by atoms with E-state index < -0.39 is 0 Å². The molecule has 2 nitrogen and oxygen atoms in total. The van der Waals surface area contributed by atoms with Crippen LogP contribution in [-0.4, -0.2) is 11.0 Å². The maximum Gasteiger partial charge on any atom is 0.136 e. The van der Waals surface area contributed by atoms with Gasteiger partial charge in [0.1, 0.15) is 10.8 Å². The predicted octanol–water partition coefficient (Wildman–Crippen LogP) is 4.06. The summed E-state index contributed by atoms with van der Waals surface area (Å²) in [4.78, 5) is 5.67. The van der Waals surface area contributed by atoms with Crippen molar-refractivity contribution in [1.29, 1.82) is 0 Å². The SMILES string of the molecule is Cc1cccc(-c2nc(C)c(CNC(C)C)s2)c1F. The molecule has 0 spiro atoms. The van der Waals surface area contributed by atoms with Gasteiger partial charge in [-0.15, -0.1) is 11.3 Å². The zero-order chi connectivity index (χ0) is 14.0. The lowest BCUT2D eigenvalue weighted by molar-refractivity contribution is 0.591. The van der Waals surface area contributed by atoms with Crippen molar-refractivity contribution < 1.29 is 4.39 Å². The van der Waals surface area contributed by atoms with Gasteiger partial charge in [-0.1, -0.05) is 26.0 Å². The van der Waals surface area contributed by atoms with Crippen LogP contribution in [0.3, 0.4) is 0 Å². The minimum atomic E-state index is -0.167. The Labute approximate surface area is 117 Å². The van der Waals surface area contributed by atoms with Gasteiger partial charge in [-0.2, -0.15) is 0 Å². The number of benzene rings is 1.